The highest BCUT2D eigenvalue weighted by Gasteiger charge is 2.16. The summed E-state index contributed by atoms with van der Waals surface area (Å²) in [6, 6.07) is 0. The van der Waals surface area contributed by atoms with Crippen LogP contribution in [0.1, 0.15) is 52.4 Å². The number of rotatable bonds is 11. The molecule has 0 spiro atoms. The van der Waals surface area contributed by atoms with Crippen LogP contribution in [0, 0.1) is 5.92 Å². The number of carbonyl (C=O) groups is 3. The first-order valence-electron chi connectivity index (χ1n) is 7.21. The molecule has 116 valence electrons. The van der Waals surface area contributed by atoms with Crippen LogP contribution in [0.4, 0.5) is 0 Å². The van der Waals surface area contributed by atoms with E-state index >= 15 is 0 Å². The van der Waals surface area contributed by atoms with Crippen molar-refractivity contribution >= 4 is 17.8 Å². The van der Waals surface area contributed by atoms with E-state index in [1.54, 1.807) is 0 Å². The number of hydrogen-bond acceptors (Lipinski definition) is 3. The van der Waals surface area contributed by atoms with Gasteiger partial charge in [-0.1, -0.05) is 19.8 Å². The van der Waals surface area contributed by atoms with E-state index in [4.69, 9.17) is 5.11 Å². The molecule has 0 aliphatic carbocycles. The number of carbonyl (C=O) groups excluding carboxylic acids is 2. The minimum Gasteiger partial charge on any atom is -0.481 e. The van der Waals surface area contributed by atoms with Crippen molar-refractivity contribution < 1.29 is 19.5 Å². The molecule has 3 N–H and O–H groups in total. The minimum absolute atomic E-state index is 0.0432. The summed E-state index contributed by atoms with van der Waals surface area (Å²) in [5.41, 5.74) is 0. The van der Waals surface area contributed by atoms with Gasteiger partial charge in [0.1, 0.15) is 0 Å². The Morgan fingerprint density at radius 3 is 2.35 bits per heavy atom. The molecule has 0 heterocycles. The van der Waals surface area contributed by atoms with Crippen LogP contribution >= 0.6 is 0 Å². The van der Waals surface area contributed by atoms with Gasteiger partial charge >= 0.3 is 5.97 Å². The molecule has 0 rings (SSSR count). The predicted molar refractivity (Wildman–Crippen MR) is 76.2 cm³/mol. The van der Waals surface area contributed by atoms with Crippen molar-refractivity contribution in [2.75, 3.05) is 13.1 Å². The summed E-state index contributed by atoms with van der Waals surface area (Å²) in [5, 5.41) is 14.3. The lowest BCUT2D eigenvalue weighted by molar-refractivity contribution is -0.142. The lowest BCUT2D eigenvalue weighted by atomic mass is 10.0. The topological polar surface area (TPSA) is 95.5 Å². The summed E-state index contributed by atoms with van der Waals surface area (Å²) >= 11 is 0. The first kappa shape index (κ1) is 18.4. The molecule has 20 heavy (non-hydrogen) atoms. The molecule has 0 fully saturated rings. The molecular weight excluding hydrogens is 260 g/mol. The molecule has 0 aliphatic rings. The molecule has 0 aliphatic heterocycles. The Balaban J connectivity index is 3.62. The molecule has 0 radical (unpaired) electrons. The quantitative estimate of drug-likeness (QED) is 0.499. The molecule has 6 heteroatoms. The fourth-order valence-electron chi connectivity index (χ4n) is 1.84. The Morgan fingerprint density at radius 2 is 1.80 bits per heavy atom. The summed E-state index contributed by atoms with van der Waals surface area (Å²) < 4.78 is 0. The van der Waals surface area contributed by atoms with Crippen molar-refractivity contribution in [3.05, 3.63) is 0 Å². The average Bonchev–Trinajstić information content (AvgIpc) is 2.37. The van der Waals surface area contributed by atoms with Crippen molar-refractivity contribution in [3.8, 4) is 0 Å². The van der Waals surface area contributed by atoms with Crippen LogP contribution in [0.3, 0.4) is 0 Å². The van der Waals surface area contributed by atoms with Gasteiger partial charge in [-0.3, -0.25) is 14.4 Å². The van der Waals surface area contributed by atoms with E-state index in [-0.39, 0.29) is 18.4 Å². The molecule has 6 nitrogen and oxygen atoms in total. The number of unbranched alkanes of at least 4 members (excludes halogenated alkanes) is 2. The van der Waals surface area contributed by atoms with Crippen LogP contribution in [-0.2, 0) is 14.4 Å². The highest BCUT2D eigenvalue weighted by Crippen LogP contribution is 2.05. The largest absolute Gasteiger partial charge is 0.481 e. The Morgan fingerprint density at radius 1 is 1.10 bits per heavy atom. The molecule has 0 aromatic carbocycles. The van der Waals surface area contributed by atoms with Crippen molar-refractivity contribution in [1.29, 1.82) is 0 Å². The first-order chi connectivity index (χ1) is 9.47. The van der Waals surface area contributed by atoms with Crippen LogP contribution in [0.2, 0.25) is 0 Å². The summed E-state index contributed by atoms with van der Waals surface area (Å²) in [7, 11) is 0. The van der Waals surface area contributed by atoms with E-state index in [1.165, 1.54) is 6.92 Å². The van der Waals surface area contributed by atoms with E-state index in [9.17, 15) is 14.4 Å². The number of hydrogen-bond donors (Lipinski definition) is 3. The second-order valence-corrected chi connectivity index (χ2v) is 4.92. The predicted octanol–water partition coefficient (Wildman–Crippen LogP) is 1.30. The van der Waals surface area contributed by atoms with E-state index in [2.05, 4.69) is 10.6 Å². The van der Waals surface area contributed by atoms with Crippen LogP contribution in [0.15, 0.2) is 0 Å². The van der Waals surface area contributed by atoms with Crippen LogP contribution in [-0.4, -0.2) is 36.0 Å². The second-order valence-electron chi connectivity index (χ2n) is 4.92. The number of carboxylic acids is 1. The summed E-state index contributed by atoms with van der Waals surface area (Å²) in [4.78, 5) is 33.1. The van der Waals surface area contributed by atoms with Gasteiger partial charge in [0.15, 0.2) is 0 Å². The van der Waals surface area contributed by atoms with E-state index in [0.29, 0.717) is 19.4 Å². The lowest BCUT2D eigenvalue weighted by Gasteiger charge is -2.12. The fourth-order valence-corrected chi connectivity index (χ4v) is 1.84. The van der Waals surface area contributed by atoms with Gasteiger partial charge in [0.25, 0.3) is 0 Å². The van der Waals surface area contributed by atoms with E-state index in [1.807, 2.05) is 6.92 Å². The van der Waals surface area contributed by atoms with Gasteiger partial charge in [-0.15, -0.1) is 0 Å². The number of amides is 2. The van der Waals surface area contributed by atoms with Gasteiger partial charge < -0.3 is 15.7 Å². The third-order valence-corrected chi connectivity index (χ3v) is 2.99. The smallest absolute Gasteiger partial charge is 0.308 e. The van der Waals surface area contributed by atoms with Crippen molar-refractivity contribution in [2.45, 2.75) is 52.4 Å². The molecule has 0 saturated heterocycles. The van der Waals surface area contributed by atoms with Gasteiger partial charge in [0.05, 0.1) is 5.92 Å². The standard InChI is InChI=1S/C14H26N2O4/c1-3-7-12(14(19)20)10-16-13(18)8-5-4-6-9-15-11(2)17/h12H,3-10H2,1-2H3,(H,15,17)(H,16,18)(H,19,20). The summed E-state index contributed by atoms with van der Waals surface area (Å²) in [6.45, 7) is 4.23. The van der Waals surface area contributed by atoms with Crippen LogP contribution < -0.4 is 10.6 Å². The van der Waals surface area contributed by atoms with Gasteiger partial charge in [0, 0.05) is 26.4 Å². The zero-order chi connectivity index (χ0) is 15.4. The Kier molecular flexibility index (Phi) is 10.4. The van der Waals surface area contributed by atoms with Crippen molar-refractivity contribution in [3.63, 3.8) is 0 Å². The molecule has 2 amide bonds. The Labute approximate surface area is 120 Å². The molecule has 1 atom stereocenters. The molecular formula is C14H26N2O4. The van der Waals surface area contributed by atoms with Gasteiger partial charge in [-0.05, 0) is 19.3 Å². The maximum absolute atomic E-state index is 11.5. The normalized spacial score (nSPS) is 11.7. The van der Waals surface area contributed by atoms with Gasteiger partial charge in [0.2, 0.25) is 11.8 Å². The van der Waals surface area contributed by atoms with Crippen molar-refractivity contribution in [1.82, 2.24) is 10.6 Å². The summed E-state index contributed by atoms with van der Waals surface area (Å²) in [5.74, 6) is -1.50. The van der Waals surface area contributed by atoms with Crippen LogP contribution in [0.25, 0.3) is 0 Å². The summed E-state index contributed by atoms with van der Waals surface area (Å²) in [6.07, 6.45) is 4.23. The minimum atomic E-state index is -0.859. The Hall–Kier alpha value is -1.59. The highest BCUT2D eigenvalue weighted by molar-refractivity contribution is 5.77. The average molecular weight is 286 g/mol. The number of aliphatic carboxylic acids is 1. The monoisotopic (exact) mass is 286 g/mol. The molecule has 0 aromatic heterocycles. The maximum atomic E-state index is 11.5. The second kappa shape index (κ2) is 11.3. The SMILES string of the molecule is CCCC(CNC(=O)CCCCCNC(C)=O)C(=O)O. The van der Waals surface area contributed by atoms with Gasteiger partial charge in [-0.2, -0.15) is 0 Å². The Bertz CT molecular complexity index is 318. The van der Waals surface area contributed by atoms with E-state index in [0.717, 1.165) is 25.7 Å². The fraction of sp³-hybridized carbons (Fsp3) is 0.786. The number of carboxylic acid groups (broad SMARTS) is 1. The molecule has 0 bridgehead atoms. The maximum Gasteiger partial charge on any atom is 0.308 e. The van der Waals surface area contributed by atoms with Crippen molar-refractivity contribution in [2.24, 2.45) is 5.92 Å². The molecule has 0 saturated carbocycles. The highest BCUT2D eigenvalue weighted by atomic mass is 16.4. The number of nitrogens with one attached hydrogen (secondary N) is 2. The van der Waals surface area contributed by atoms with E-state index < -0.39 is 11.9 Å². The van der Waals surface area contributed by atoms with Crippen LogP contribution in [0.5, 0.6) is 0 Å². The third-order valence-electron chi connectivity index (χ3n) is 2.99. The van der Waals surface area contributed by atoms with Gasteiger partial charge in [-0.25, -0.2) is 0 Å². The lowest BCUT2D eigenvalue weighted by Crippen LogP contribution is -2.32. The first-order valence-corrected chi connectivity index (χ1v) is 7.21. The zero-order valence-electron chi connectivity index (χ0n) is 12.4. The molecule has 0 aromatic rings. The zero-order valence-corrected chi connectivity index (χ0v) is 12.4. The third kappa shape index (κ3) is 10.3. The molecule has 1 unspecified atom stereocenters.